The fourth-order valence-electron chi connectivity index (χ4n) is 5.75. The van der Waals surface area contributed by atoms with E-state index in [1.54, 1.807) is 0 Å². The summed E-state index contributed by atoms with van der Waals surface area (Å²) in [5, 5.41) is 11.3. The van der Waals surface area contributed by atoms with E-state index in [1.807, 2.05) is 0 Å². The Morgan fingerprint density at radius 1 is 0.541 bits per heavy atom. The van der Waals surface area contributed by atoms with Crippen LogP contribution < -0.4 is 0 Å². The molecule has 2 heterocycles. The van der Waals surface area contributed by atoms with Crippen LogP contribution in [-0.4, -0.2) is 127 Å². The molecule has 25 nitrogen and oxygen atoms in total. The van der Waals surface area contributed by atoms with Gasteiger partial charge in [-0.15, -0.1) is 0 Å². The van der Waals surface area contributed by atoms with Crippen LogP contribution in [0.2, 0.25) is 0 Å². The van der Waals surface area contributed by atoms with Crippen molar-refractivity contribution in [2.75, 3.05) is 13.2 Å². The molecule has 0 aromatic heterocycles. The third kappa shape index (κ3) is 15.4. The maximum atomic E-state index is 15.1. The topological polar surface area (TPSA) is 317 Å². The third-order valence-electron chi connectivity index (χ3n) is 7.90. The first kappa shape index (κ1) is 49.8. The van der Waals surface area contributed by atoms with Gasteiger partial charge in [0.2, 0.25) is 12.6 Å². The first-order chi connectivity index (χ1) is 28.5. The van der Waals surface area contributed by atoms with Crippen LogP contribution in [0.25, 0.3) is 0 Å². The Hall–Kier alpha value is -5.59. The lowest BCUT2D eigenvalue weighted by Crippen LogP contribution is -2.63. The summed E-state index contributed by atoms with van der Waals surface area (Å²) in [5.41, 5.74) is -0.240. The van der Waals surface area contributed by atoms with E-state index in [1.165, 1.54) is 12.1 Å². The molecule has 0 aliphatic carbocycles. The molecule has 3 rings (SSSR count). The molecule has 61 heavy (non-hydrogen) atoms. The zero-order chi connectivity index (χ0) is 45.8. The molecular weight excluding hydrogens is 849 g/mol. The van der Waals surface area contributed by atoms with Crippen LogP contribution in [0.3, 0.4) is 0 Å². The highest BCUT2D eigenvalue weighted by Gasteiger charge is 2.58. The minimum atomic E-state index is -5.54. The largest absolute Gasteiger partial charge is 0.480 e. The smallest absolute Gasteiger partial charge is 0.463 e. The van der Waals surface area contributed by atoms with Gasteiger partial charge in [0.1, 0.15) is 25.4 Å². The number of nitro benzene ring substituents is 1. The zero-order valence-electron chi connectivity index (χ0n) is 33.9. The quantitative estimate of drug-likeness (QED) is 0.0661. The first-order valence-corrected chi connectivity index (χ1v) is 19.4. The van der Waals surface area contributed by atoms with Crippen molar-refractivity contribution >= 4 is 61.3 Å². The Morgan fingerprint density at radius 2 is 0.869 bits per heavy atom. The van der Waals surface area contributed by atoms with Crippen LogP contribution in [-0.2, 0) is 110 Å². The molecule has 26 heteroatoms. The van der Waals surface area contributed by atoms with Gasteiger partial charge in [0.25, 0.3) is 5.69 Å². The second-order valence-electron chi connectivity index (χ2n) is 13.0. The summed E-state index contributed by atoms with van der Waals surface area (Å²) in [7, 11) is -5.54. The fraction of sp³-hybridized carbons (Fsp3) is 0.600. The molecule has 0 radical (unpaired) electrons. The number of benzene rings is 1. The summed E-state index contributed by atoms with van der Waals surface area (Å²) in [6.45, 7) is 5.41. The van der Waals surface area contributed by atoms with Crippen LogP contribution in [0.5, 0.6) is 0 Å². The average molecular weight is 894 g/mol. The van der Waals surface area contributed by atoms with Gasteiger partial charge in [-0.25, -0.2) is 4.57 Å². The summed E-state index contributed by atoms with van der Waals surface area (Å²) in [5.74, 6) is -7.89. The molecule has 0 bridgehead atoms. The van der Waals surface area contributed by atoms with E-state index >= 15 is 4.57 Å². The minimum Gasteiger partial charge on any atom is -0.463 e. The summed E-state index contributed by atoms with van der Waals surface area (Å²) in [6, 6.07) is 4.55. The molecule has 2 aliphatic heterocycles. The summed E-state index contributed by atoms with van der Waals surface area (Å²) in [6.07, 6.45) is -18.8. The van der Waals surface area contributed by atoms with E-state index in [-0.39, 0.29) is 11.3 Å². The lowest BCUT2D eigenvalue weighted by Gasteiger charge is -2.45. The Kier molecular flexibility index (Phi) is 18.2. The molecule has 1 aromatic rings. The standard InChI is InChI=1S/C35H44NO24P/c1-16(37)48-14-26-28(51-18(3)39)30(53-20(5)41)32(55-22(7)43)34(57-26)59-61(47,50-13-24-9-11-25(12-10-24)36(45)46)60-35-33(56-23(8)44)31(54-21(6)42)29(52-19(4)40)27(58-35)15-49-17(2)38/h9-12,26-35H,13-15H2,1-8H3/t26-,27+,28-,29+,30+,31-,32+,33-,34-,35+,61?. The number of phosphoric ester groups is 1. The van der Waals surface area contributed by atoms with Crippen molar-refractivity contribution in [3.8, 4) is 0 Å². The van der Waals surface area contributed by atoms with Crippen molar-refractivity contribution < 1.29 is 109 Å². The number of carbonyl (C=O) groups is 8. The Bertz CT molecular complexity index is 1750. The Balaban J connectivity index is 2.25. The molecule has 0 saturated carbocycles. The lowest BCUT2D eigenvalue weighted by atomic mass is 9.98. The highest BCUT2D eigenvalue weighted by molar-refractivity contribution is 7.48. The number of esters is 8. The summed E-state index contributed by atoms with van der Waals surface area (Å²) in [4.78, 5) is 109. The summed E-state index contributed by atoms with van der Waals surface area (Å²) < 4.78 is 86.5. The van der Waals surface area contributed by atoms with Crippen LogP contribution >= 0.6 is 7.82 Å². The van der Waals surface area contributed by atoms with E-state index in [0.29, 0.717) is 0 Å². The van der Waals surface area contributed by atoms with Crippen molar-refractivity contribution in [2.24, 2.45) is 0 Å². The van der Waals surface area contributed by atoms with Gasteiger partial charge in [0, 0.05) is 67.5 Å². The molecule has 2 fully saturated rings. The number of phosphoric acid groups is 1. The predicted molar refractivity (Wildman–Crippen MR) is 192 cm³/mol. The molecule has 1 unspecified atom stereocenters. The number of non-ortho nitro benzene ring substituents is 1. The number of carbonyl (C=O) groups excluding carboxylic acids is 8. The average Bonchev–Trinajstić information content (AvgIpc) is 3.13. The number of ether oxygens (including phenoxy) is 10. The number of nitrogens with zero attached hydrogens (tertiary/aromatic N) is 1. The van der Waals surface area contributed by atoms with Crippen molar-refractivity contribution in [3.63, 3.8) is 0 Å². The van der Waals surface area contributed by atoms with Gasteiger partial charge < -0.3 is 47.4 Å². The number of nitro groups is 1. The van der Waals surface area contributed by atoms with Crippen molar-refractivity contribution in [2.45, 2.75) is 123 Å². The van der Waals surface area contributed by atoms with Crippen molar-refractivity contribution in [1.82, 2.24) is 0 Å². The zero-order valence-corrected chi connectivity index (χ0v) is 34.8. The summed E-state index contributed by atoms with van der Waals surface area (Å²) >= 11 is 0. The number of hydrogen-bond donors (Lipinski definition) is 0. The molecule has 338 valence electrons. The number of hydrogen-bond acceptors (Lipinski definition) is 24. The molecule has 2 saturated heterocycles. The molecule has 0 N–H and O–H groups in total. The van der Waals surface area contributed by atoms with Gasteiger partial charge in [-0.2, -0.15) is 0 Å². The van der Waals surface area contributed by atoms with E-state index < -0.39 is 142 Å². The van der Waals surface area contributed by atoms with Crippen LogP contribution in [0.15, 0.2) is 24.3 Å². The van der Waals surface area contributed by atoms with Gasteiger partial charge in [0.05, 0.1) is 11.5 Å². The highest BCUT2D eigenvalue weighted by atomic mass is 31.2. The van der Waals surface area contributed by atoms with Crippen LogP contribution in [0, 0.1) is 10.1 Å². The maximum Gasteiger partial charge on any atom is 0.480 e. The fourth-order valence-corrected chi connectivity index (χ4v) is 7.08. The van der Waals surface area contributed by atoms with Gasteiger partial charge >= 0.3 is 55.6 Å². The molecule has 0 amide bonds. The lowest BCUT2D eigenvalue weighted by molar-refractivity contribution is -0.384. The first-order valence-electron chi connectivity index (χ1n) is 17.9. The molecule has 11 atom stereocenters. The van der Waals surface area contributed by atoms with E-state index in [0.717, 1.165) is 67.5 Å². The SMILES string of the molecule is CC(=O)OC[C@@H]1O[C@@H](OP(=O)(OCc2ccc([N+](=O)[O-])cc2)O[C@H]2O[C@H](COC(C)=O)[C@@H](OC(C)=O)[C@H](OC(C)=O)[C@@H]2OC(C)=O)[C@H](OC(C)=O)[C@H](OC(C)=O)[C@H]1OC(C)=O. The normalized spacial score (nSPS) is 26.8. The van der Waals surface area contributed by atoms with Crippen molar-refractivity contribution in [1.29, 1.82) is 0 Å². The van der Waals surface area contributed by atoms with E-state index in [9.17, 15) is 48.5 Å². The maximum absolute atomic E-state index is 15.1. The monoisotopic (exact) mass is 893 g/mol. The van der Waals surface area contributed by atoms with Gasteiger partial charge in [0.15, 0.2) is 36.6 Å². The Morgan fingerprint density at radius 3 is 1.18 bits per heavy atom. The highest BCUT2D eigenvalue weighted by Crippen LogP contribution is 2.55. The third-order valence-corrected chi connectivity index (χ3v) is 9.28. The van der Waals surface area contributed by atoms with E-state index in [4.69, 9.17) is 60.9 Å². The minimum absolute atomic E-state index is 0.0983. The molecule has 1 aromatic carbocycles. The van der Waals surface area contributed by atoms with Gasteiger partial charge in [-0.1, -0.05) is 0 Å². The molecular formula is C35H44NO24P. The second kappa shape index (κ2) is 22.3. The van der Waals surface area contributed by atoms with Crippen molar-refractivity contribution in [3.05, 3.63) is 39.9 Å². The predicted octanol–water partition coefficient (Wildman–Crippen LogP) is 1.42. The van der Waals surface area contributed by atoms with Crippen LogP contribution in [0.4, 0.5) is 5.69 Å². The van der Waals surface area contributed by atoms with Gasteiger partial charge in [-0.05, 0) is 17.7 Å². The number of rotatable bonds is 18. The molecule has 0 spiro atoms. The van der Waals surface area contributed by atoms with E-state index in [2.05, 4.69) is 0 Å². The second-order valence-corrected chi connectivity index (χ2v) is 14.6. The van der Waals surface area contributed by atoms with Crippen LogP contribution in [0.1, 0.15) is 61.0 Å². The molecule has 2 aliphatic rings. The van der Waals surface area contributed by atoms with Gasteiger partial charge in [-0.3, -0.25) is 62.0 Å². The Labute approximate surface area is 346 Å².